The summed E-state index contributed by atoms with van der Waals surface area (Å²) >= 11 is 0. The van der Waals surface area contributed by atoms with Gasteiger partial charge in [-0.1, -0.05) is 0 Å². The number of amides is 1. The number of hydrazine groups is 1. The molecule has 4 N–H and O–H groups in total. The highest BCUT2D eigenvalue weighted by atomic mass is 19.1. The molecular formula is C12H15F2N3O3. The van der Waals surface area contributed by atoms with Crippen molar-refractivity contribution in [3.05, 3.63) is 29.3 Å². The van der Waals surface area contributed by atoms with Crippen molar-refractivity contribution in [2.75, 3.05) is 31.8 Å². The minimum atomic E-state index is -0.935. The van der Waals surface area contributed by atoms with E-state index in [1.165, 1.54) is 0 Å². The number of nitrogen functional groups attached to an aromatic ring is 1. The van der Waals surface area contributed by atoms with Crippen molar-refractivity contribution < 1.29 is 23.0 Å². The highest BCUT2D eigenvalue weighted by Crippen LogP contribution is 2.19. The second-order valence-electron chi connectivity index (χ2n) is 4.24. The zero-order valence-corrected chi connectivity index (χ0v) is 10.6. The molecule has 1 unspecified atom stereocenters. The number of benzene rings is 1. The topological polar surface area (TPSA) is 85.6 Å². The summed E-state index contributed by atoms with van der Waals surface area (Å²) in [6.45, 7) is 1.56. The van der Waals surface area contributed by atoms with E-state index in [1.54, 1.807) is 0 Å². The Bertz CT molecular complexity index is 470. The first kappa shape index (κ1) is 14.6. The number of carbonyl (C=O) groups excluding carboxylic acids is 1. The third-order valence-electron chi connectivity index (χ3n) is 2.82. The van der Waals surface area contributed by atoms with E-state index in [0.717, 1.165) is 12.1 Å². The molecule has 8 heteroatoms. The van der Waals surface area contributed by atoms with Gasteiger partial charge in [0.05, 0.1) is 25.9 Å². The molecule has 1 atom stereocenters. The van der Waals surface area contributed by atoms with E-state index in [9.17, 15) is 13.6 Å². The van der Waals surface area contributed by atoms with E-state index in [0.29, 0.717) is 19.8 Å². The first-order valence-electron chi connectivity index (χ1n) is 6.05. The summed E-state index contributed by atoms with van der Waals surface area (Å²) in [7, 11) is 0. The first-order valence-corrected chi connectivity index (χ1v) is 6.05. The van der Waals surface area contributed by atoms with Crippen LogP contribution in [0.5, 0.6) is 0 Å². The highest BCUT2D eigenvalue weighted by Gasteiger charge is 2.18. The van der Waals surface area contributed by atoms with Crippen molar-refractivity contribution in [1.82, 2.24) is 5.32 Å². The van der Waals surface area contributed by atoms with Gasteiger partial charge in [0.25, 0.3) is 5.91 Å². The largest absolute Gasteiger partial charge is 0.376 e. The summed E-state index contributed by atoms with van der Waals surface area (Å²) in [5.74, 6) is 2.51. The maximum atomic E-state index is 13.5. The Morgan fingerprint density at radius 2 is 2.05 bits per heavy atom. The van der Waals surface area contributed by atoms with Crippen LogP contribution in [0.3, 0.4) is 0 Å². The van der Waals surface area contributed by atoms with E-state index >= 15 is 0 Å². The maximum Gasteiger partial charge on any atom is 0.251 e. The number of nitrogens with two attached hydrogens (primary N) is 1. The van der Waals surface area contributed by atoms with Gasteiger partial charge in [-0.3, -0.25) is 10.6 Å². The van der Waals surface area contributed by atoms with E-state index in [2.05, 4.69) is 5.32 Å². The van der Waals surface area contributed by atoms with Gasteiger partial charge in [0, 0.05) is 12.1 Å². The molecule has 1 aromatic carbocycles. The van der Waals surface area contributed by atoms with Gasteiger partial charge in [-0.15, -0.1) is 0 Å². The Balaban J connectivity index is 1.98. The Morgan fingerprint density at radius 1 is 1.35 bits per heavy atom. The number of halogens is 2. The van der Waals surface area contributed by atoms with E-state index in [1.807, 2.05) is 5.43 Å². The van der Waals surface area contributed by atoms with Crippen LogP contribution in [-0.2, 0) is 9.47 Å². The predicted molar refractivity (Wildman–Crippen MR) is 67.1 cm³/mol. The smallest absolute Gasteiger partial charge is 0.251 e. The second kappa shape index (κ2) is 6.60. The Morgan fingerprint density at radius 3 is 2.60 bits per heavy atom. The molecule has 110 valence electrons. The van der Waals surface area contributed by atoms with Gasteiger partial charge in [-0.05, 0) is 12.1 Å². The Kier molecular flexibility index (Phi) is 4.83. The zero-order valence-electron chi connectivity index (χ0n) is 10.6. The van der Waals surface area contributed by atoms with E-state index < -0.39 is 23.2 Å². The minimum absolute atomic E-state index is 0.129. The number of nitrogens with one attached hydrogen (secondary N) is 2. The van der Waals surface area contributed by atoms with Crippen LogP contribution >= 0.6 is 0 Å². The Labute approximate surface area is 114 Å². The number of carbonyl (C=O) groups is 1. The lowest BCUT2D eigenvalue weighted by Gasteiger charge is -2.23. The van der Waals surface area contributed by atoms with Crippen molar-refractivity contribution >= 4 is 11.6 Å². The van der Waals surface area contributed by atoms with E-state index in [-0.39, 0.29) is 18.2 Å². The van der Waals surface area contributed by atoms with Gasteiger partial charge in [0.2, 0.25) is 0 Å². The maximum absolute atomic E-state index is 13.5. The summed E-state index contributed by atoms with van der Waals surface area (Å²) < 4.78 is 37.4. The van der Waals surface area contributed by atoms with Crippen molar-refractivity contribution in [2.24, 2.45) is 5.84 Å². The summed E-state index contributed by atoms with van der Waals surface area (Å²) in [6, 6.07) is 1.82. The zero-order chi connectivity index (χ0) is 14.5. The monoisotopic (exact) mass is 287 g/mol. The molecule has 1 aliphatic rings. The molecule has 0 aromatic heterocycles. The Hall–Kier alpha value is -1.77. The molecule has 1 heterocycles. The van der Waals surface area contributed by atoms with Crippen LogP contribution < -0.4 is 16.6 Å². The molecule has 0 aliphatic carbocycles. The average molecular weight is 287 g/mol. The average Bonchev–Trinajstić information content (AvgIpc) is 2.45. The lowest BCUT2D eigenvalue weighted by molar-refractivity contribution is -0.0855. The van der Waals surface area contributed by atoms with Gasteiger partial charge in [0.15, 0.2) is 11.6 Å². The molecule has 2 rings (SSSR count). The second-order valence-corrected chi connectivity index (χ2v) is 4.24. The van der Waals surface area contributed by atoms with Crippen molar-refractivity contribution in [3.63, 3.8) is 0 Å². The first-order chi connectivity index (χ1) is 9.61. The van der Waals surface area contributed by atoms with Gasteiger partial charge in [0.1, 0.15) is 5.69 Å². The fourth-order valence-corrected chi connectivity index (χ4v) is 1.81. The fraction of sp³-hybridized carbons (Fsp3) is 0.417. The third-order valence-corrected chi connectivity index (χ3v) is 2.82. The molecule has 1 fully saturated rings. The van der Waals surface area contributed by atoms with Crippen molar-refractivity contribution in [3.8, 4) is 0 Å². The SMILES string of the molecule is NNc1c(F)cc(C(=O)NCC2COCCO2)cc1F. The predicted octanol–water partition coefficient (Wildman–Crippen LogP) is 0.396. The molecule has 0 bridgehead atoms. The van der Waals surface area contributed by atoms with Crippen LogP contribution in [0.1, 0.15) is 10.4 Å². The minimum Gasteiger partial charge on any atom is -0.376 e. The number of ether oxygens (including phenoxy) is 2. The molecule has 1 aromatic rings. The summed E-state index contributed by atoms with van der Waals surface area (Å²) in [5, 5.41) is 2.53. The quantitative estimate of drug-likeness (QED) is 0.551. The van der Waals surface area contributed by atoms with Gasteiger partial charge in [-0.2, -0.15) is 0 Å². The normalized spacial score (nSPS) is 18.6. The molecular weight excluding hydrogens is 272 g/mol. The van der Waals surface area contributed by atoms with Crippen LogP contribution in [0, 0.1) is 11.6 Å². The van der Waals surface area contributed by atoms with Crippen LogP contribution in [0.15, 0.2) is 12.1 Å². The lowest BCUT2D eigenvalue weighted by Crippen LogP contribution is -2.39. The number of rotatable bonds is 4. The van der Waals surface area contributed by atoms with Crippen LogP contribution in [0.4, 0.5) is 14.5 Å². The van der Waals surface area contributed by atoms with Gasteiger partial charge < -0.3 is 20.2 Å². The van der Waals surface area contributed by atoms with Gasteiger partial charge >= 0.3 is 0 Å². The molecule has 1 amide bonds. The van der Waals surface area contributed by atoms with Crippen LogP contribution in [0.2, 0.25) is 0 Å². The van der Waals surface area contributed by atoms with Crippen molar-refractivity contribution in [1.29, 1.82) is 0 Å². The summed E-state index contributed by atoms with van der Waals surface area (Å²) in [5.41, 5.74) is 1.29. The molecule has 1 aliphatic heterocycles. The summed E-state index contributed by atoms with van der Waals surface area (Å²) in [4.78, 5) is 11.8. The van der Waals surface area contributed by atoms with Crippen LogP contribution in [0.25, 0.3) is 0 Å². The molecule has 6 nitrogen and oxygen atoms in total. The van der Waals surface area contributed by atoms with Crippen molar-refractivity contribution in [2.45, 2.75) is 6.10 Å². The summed E-state index contributed by atoms with van der Waals surface area (Å²) in [6.07, 6.45) is -0.257. The standard InChI is InChI=1S/C12H15F2N3O3/c13-9-3-7(4-10(14)11(9)17-15)12(18)16-5-8-6-19-1-2-20-8/h3-4,8,17H,1-2,5-6,15H2,(H,16,18). The fourth-order valence-electron chi connectivity index (χ4n) is 1.81. The van der Waals surface area contributed by atoms with E-state index in [4.69, 9.17) is 15.3 Å². The lowest BCUT2D eigenvalue weighted by atomic mass is 10.1. The van der Waals surface area contributed by atoms with Crippen LogP contribution in [-0.4, -0.2) is 38.4 Å². The molecule has 0 spiro atoms. The van der Waals surface area contributed by atoms with Gasteiger partial charge in [-0.25, -0.2) is 8.78 Å². The number of hydrogen-bond donors (Lipinski definition) is 3. The highest BCUT2D eigenvalue weighted by molar-refractivity contribution is 5.94. The number of hydrogen-bond acceptors (Lipinski definition) is 5. The molecule has 1 saturated heterocycles. The molecule has 0 saturated carbocycles. The third kappa shape index (κ3) is 3.41. The number of anilines is 1. The molecule has 0 radical (unpaired) electrons. The molecule has 20 heavy (non-hydrogen) atoms.